The lowest BCUT2D eigenvalue weighted by Crippen LogP contribution is -2.21. The summed E-state index contributed by atoms with van der Waals surface area (Å²) in [5, 5.41) is 8.79. The molecule has 0 aromatic heterocycles. The van der Waals surface area contributed by atoms with Crippen molar-refractivity contribution in [1.29, 1.82) is 0 Å². The van der Waals surface area contributed by atoms with Crippen molar-refractivity contribution in [3.8, 4) is 0 Å². The summed E-state index contributed by atoms with van der Waals surface area (Å²) in [6.07, 6.45) is -0.770. The van der Waals surface area contributed by atoms with Gasteiger partial charge in [-0.05, 0) is 13.3 Å². The first-order valence-electron chi connectivity index (χ1n) is 4.13. The van der Waals surface area contributed by atoms with E-state index in [9.17, 15) is 4.57 Å². The first-order valence-corrected chi connectivity index (χ1v) is 6.16. The highest BCUT2D eigenvalue weighted by Crippen LogP contribution is 2.38. The molecule has 0 rings (SSSR count). The quantitative estimate of drug-likeness (QED) is 0.506. The van der Waals surface area contributed by atoms with Gasteiger partial charge < -0.3 is 19.3 Å². The Hall–Kier alpha value is 0.0700. The summed E-state index contributed by atoms with van der Waals surface area (Å²) in [5.74, 6) is 0. The number of hydrogen-bond donors (Lipinski definition) is 2. The molecule has 80 valence electrons. The standard InChI is InChI=1S/C7H17O5P/c1-4-7(5-11-6(2)8)12-13(3,9)10/h6-8H,4-5H2,1-3H3,(H,9,10). The van der Waals surface area contributed by atoms with Crippen molar-refractivity contribution in [3.63, 3.8) is 0 Å². The molecule has 0 heterocycles. The van der Waals surface area contributed by atoms with E-state index in [1.165, 1.54) is 6.92 Å². The van der Waals surface area contributed by atoms with Crippen LogP contribution in [0, 0.1) is 0 Å². The fraction of sp³-hybridized carbons (Fsp3) is 1.00. The van der Waals surface area contributed by atoms with Crippen molar-refractivity contribution in [3.05, 3.63) is 0 Å². The third kappa shape index (κ3) is 8.40. The van der Waals surface area contributed by atoms with Crippen molar-refractivity contribution < 1.29 is 23.8 Å². The smallest absolute Gasteiger partial charge is 0.325 e. The fourth-order valence-corrected chi connectivity index (χ4v) is 1.51. The lowest BCUT2D eigenvalue weighted by Gasteiger charge is -2.18. The van der Waals surface area contributed by atoms with Crippen LogP contribution in [0.2, 0.25) is 0 Å². The van der Waals surface area contributed by atoms with Crippen LogP contribution in [0.1, 0.15) is 20.3 Å². The van der Waals surface area contributed by atoms with Crippen LogP contribution in [0.4, 0.5) is 0 Å². The van der Waals surface area contributed by atoms with Crippen molar-refractivity contribution in [1.82, 2.24) is 0 Å². The summed E-state index contributed by atoms with van der Waals surface area (Å²) < 4.78 is 20.5. The Balaban J connectivity index is 3.83. The number of hydrogen-bond acceptors (Lipinski definition) is 4. The van der Waals surface area contributed by atoms with Gasteiger partial charge >= 0.3 is 7.60 Å². The summed E-state index contributed by atoms with van der Waals surface area (Å²) in [6, 6.07) is 0. The topological polar surface area (TPSA) is 76.0 Å². The summed E-state index contributed by atoms with van der Waals surface area (Å²) >= 11 is 0. The number of aliphatic hydroxyl groups is 1. The van der Waals surface area contributed by atoms with E-state index in [0.717, 1.165) is 6.66 Å². The van der Waals surface area contributed by atoms with Gasteiger partial charge in [0.05, 0.1) is 12.7 Å². The molecule has 2 N–H and O–H groups in total. The minimum absolute atomic E-state index is 0.118. The maximum absolute atomic E-state index is 10.8. The Labute approximate surface area is 78.2 Å². The molecule has 0 bridgehead atoms. The highest BCUT2D eigenvalue weighted by Gasteiger charge is 2.18. The van der Waals surface area contributed by atoms with Crippen molar-refractivity contribution in [2.75, 3.05) is 13.3 Å². The van der Waals surface area contributed by atoms with Crippen molar-refractivity contribution >= 4 is 7.60 Å². The highest BCUT2D eigenvalue weighted by atomic mass is 31.2. The molecule has 0 aliphatic carbocycles. The molecule has 0 spiro atoms. The molecular weight excluding hydrogens is 195 g/mol. The molecule has 0 aliphatic heterocycles. The summed E-state index contributed by atoms with van der Waals surface area (Å²) in [7, 11) is -3.46. The van der Waals surface area contributed by atoms with E-state index in [-0.39, 0.29) is 6.61 Å². The molecule has 0 aromatic carbocycles. The average molecular weight is 212 g/mol. The first-order chi connectivity index (χ1) is 5.85. The van der Waals surface area contributed by atoms with Gasteiger partial charge in [-0.15, -0.1) is 0 Å². The van der Waals surface area contributed by atoms with Crippen LogP contribution < -0.4 is 0 Å². The van der Waals surface area contributed by atoms with Crippen LogP contribution in [0.5, 0.6) is 0 Å². The third-order valence-electron chi connectivity index (χ3n) is 1.32. The van der Waals surface area contributed by atoms with Gasteiger partial charge in [-0.1, -0.05) is 6.92 Å². The maximum Gasteiger partial charge on any atom is 0.325 e. The van der Waals surface area contributed by atoms with Crippen LogP contribution in [-0.4, -0.2) is 35.7 Å². The van der Waals surface area contributed by atoms with Crippen LogP contribution in [0.15, 0.2) is 0 Å². The van der Waals surface area contributed by atoms with Gasteiger partial charge in [-0.3, -0.25) is 4.57 Å². The van der Waals surface area contributed by atoms with Gasteiger partial charge in [0.25, 0.3) is 0 Å². The molecular formula is C7H17O5P. The molecule has 0 amide bonds. The Kier molecular flexibility index (Phi) is 5.76. The summed E-state index contributed by atoms with van der Waals surface area (Å²) in [4.78, 5) is 8.90. The summed E-state index contributed by atoms with van der Waals surface area (Å²) in [6.45, 7) is 4.52. The molecule has 0 aromatic rings. The second-order valence-electron chi connectivity index (χ2n) is 2.87. The van der Waals surface area contributed by atoms with Crippen molar-refractivity contribution in [2.45, 2.75) is 32.7 Å². The van der Waals surface area contributed by atoms with Gasteiger partial charge in [0.1, 0.15) is 0 Å². The Morgan fingerprint density at radius 3 is 2.38 bits per heavy atom. The normalized spacial score (nSPS) is 20.7. The zero-order valence-corrected chi connectivity index (χ0v) is 9.03. The molecule has 13 heavy (non-hydrogen) atoms. The van der Waals surface area contributed by atoms with Gasteiger partial charge in [0, 0.05) is 6.66 Å². The predicted molar refractivity (Wildman–Crippen MR) is 48.5 cm³/mol. The maximum atomic E-state index is 10.8. The van der Waals surface area contributed by atoms with Crippen LogP contribution >= 0.6 is 7.60 Å². The molecule has 3 atom stereocenters. The highest BCUT2D eigenvalue weighted by molar-refractivity contribution is 7.51. The number of aliphatic hydroxyl groups excluding tert-OH is 1. The SMILES string of the molecule is CCC(COC(C)O)OP(C)(=O)O. The number of rotatable bonds is 6. The number of ether oxygens (including phenoxy) is 1. The Morgan fingerprint density at radius 1 is 1.54 bits per heavy atom. The van der Waals surface area contributed by atoms with E-state index < -0.39 is 20.0 Å². The molecule has 0 saturated carbocycles. The lowest BCUT2D eigenvalue weighted by molar-refractivity contribution is -0.106. The third-order valence-corrected chi connectivity index (χ3v) is 2.01. The van der Waals surface area contributed by atoms with Crippen LogP contribution in [0.3, 0.4) is 0 Å². The molecule has 0 radical (unpaired) electrons. The van der Waals surface area contributed by atoms with Crippen molar-refractivity contribution in [2.24, 2.45) is 0 Å². The average Bonchev–Trinajstić information content (AvgIpc) is 1.95. The molecule has 6 heteroatoms. The fourth-order valence-electron chi connectivity index (χ4n) is 0.746. The molecule has 0 aliphatic rings. The molecule has 3 unspecified atom stereocenters. The van der Waals surface area contributed by atoms with Gasteiger partial charge in [-0.2, -0.15) is 0 Å². The molecule has 0 saturated heterocycles. The second-order valence-corrected chi connectivity index (χ2v) is 4.69. The predicted octanol–water partition coefficient (Wildman–Crippen LogP) is 0.952. The zero-order valence-electron chi connectivity index (χ0n) is 8.14. The first kappa shape index (κ1) is 13.1. The zero-order chi connectivity index (χ0) is 10.5. The molecule has 5 nitrogen and oxygen atoms in total. The minimum atomic E-state index is -3.46. The Bertz CT molecular complexity index is 176. The monoisotopic (exact) mass is 212 g/mol. The van der Waals surface area contributed by atoms with Gasteiger partial charge in [0.2, 0.25) is 0 Å². The van der Waals surface area contributed by atoms with Crippen LogP contribution in [-0.2, 0) is 13.8 Å². The lowest BCUT2D eigenvalue weighted by atomic mass is 10.3. The van der Waals surface area contributed by atoms with Crippen LogP contribution in [0.25, 0.3) is 0 Å². The van der Waals surface area contributed by atoms with E-state index in [2.05, 4.69) is 0 Å². The van der Waals surface area contributed by atoms with Gasteiger partial charge in [0.15, 0.2) is 6.29 Å². The second kappa shape index (κ2) is 5.73. The van der Waals surface area contributed by atoms with Gasteiger partial charge in [-0.25, -0.2) is 0 Å². The van der Waals surface area contributed by atoms with E-state index in [1.54, 1.807) is 0 Å². The van der Waals surface area contributed by atoms with E-state index in [1.807, 2.05) is 6.92 Å². The molecule has 0 fully saturated rings. The largest absolute Gasteiger partial charge is 0.368 e. The van der Waals surface area contributed by atoms with E-state index >= 15 is 0 Å². The Morgan fingerprint density at radius 2 is 2.08 bits per heavy atom. The van der Waals surface area contributed by atoms with E-state index in [4.69, 9.17) is 19.3 Å². The minimum Gasteiger partial charge on any atom is -0.368 e. The summed E-state index contributed by atoms with van der Waals surface area (Å²) in [5.41, 5.74) is 0. The van der Waals surface area contributed by atoms with E-state index in [0.29, 0.717) is 6.42 Å².